The Balaban J connectivity index is 3.28. The quantitative estimate of drug-likeness (QED) is 0.131. The van der Waals surface area contributed by atoms with E-state index < -0.39 is 0 Å². The van der Waals surface area contributed by atoms with Gasteiger partial charge in [-0.3, -0.25) is 0 Å². The molecule has 0 saturated carbocycles. The first-order valence-electron chi connectivity index (χ1n) is 14.6. The molecule has 0 rings (SSSR count). The molecule has 31 heavy (non-hydrogen) atoms. The predicted molar refractivity (Wildman–Crippen MR) is 139 cm³/mol. The molecular weight excluding hydrogens is 380 g/mol. The van der Waals surface area contributed by atoms with Crippen molar-refractivity contribution >= 4 is 0 Å². The minimum absolute atomic E-state index is 0.207. The summed E-state index contributed by atoms with van der Waals surface area (Å²) in [6.07, 6.45) is 31.3. The van der Waals surface area contributed by atoms with Crippen molar-refractivity contribution in [3.63, 3.8) is 0 Å². The van der Waals surface area contributed by atoms with Gasteiger partial charge in [-0.25, -0.2) is 0 Å². The molecule has 0 aliphatic rings. The van der Waals surface area contributed by atoms with Gasteiger partial charge in [0.25, 0.3) is 0 Å². The van der Waals surface area contributed by atoms with E-state index in [-0.39, 0.29) is 12.2 Å². The first-order valence-corrected chi connectivity index (χ1v) is 14.6. The van der Waals surface area contributed by atoms with Crippen LogP contribution < -0.4 is 0 Å². The summed E-state index contributed by atoms with van der Waals surface area (Å²) in [5, 5.41) is 20.3. The highest BCUT2D eigenvalue weighted by Gasteiger charge is 2.09. The standard InChI is InChI=1S/C29H60O2/c1-3-5-7-9-11-13-14-15-17-19-21-23-25-29(31)27-26-28(30)24-22-20-18-16-12-10-8-6-4-2/h28-31H,3-27H2,1-2H3. The smallest absolute Gasteiger partial charge is 0.0541 e. The highest BCUT2D eigenvalue weighted by atomic mass is 16.3. The lowest BCUT2D eigenvalue weighted by molar-refractivity contribution is 0.101. The van der Waals surface area contributed by atoms with E-state index in [0.717, 1.165) is 38.5 Å². The second-order valence-corrected chi connectivity index (χ2v) is 10.2. The van der Waals surface area contributed by atoms with Crippen molar-refractivity contribution in [1.82, 2.24) is 0 Å². The van der Waals surface area contributed by atoms with E-state index in [4.69, 9.17) is 0 Å². The van der Waals surface area contributed by atoms with Crippen LogP contribution in [0.15, 0.2) is 0 Å². The molecule has 0 amide bonds. The summed E-state index contributed by atoms with van der Waals surface area (Å²) in [7, 11) is 0. The van der Waals surface area contributed by atoms with Gasteiger partial charge in [0, 0.05) is 0 Å². The Hall–Kier alpha value is -0.0800. The number of rotatable bonds is 26. The lowest BCUT2D eigenvalue weighted by atomic mass is 9.99. The molecule has 0 fully saturated rings. The second kappa shape index (κ2) is 26.2. The highest BCUT2D eigenvalue weighted by molar-refractivity contribution is 4.63. The van der Waals surface area contributed by atoms with E-state index in [9.17, 15) is 10.2 Å². The maximum absolute atomic E-state index is 10.2. The van der Waals surface area contributed by atoms with Gasteiger partial charge in [-0.1, -0.05) is 149 Å². The molecule has 188 valence electrons. The van der Waals surface area contributed by atoms with Crippen molar-refractivity contribution in [2.75, 3.05) is 0 Å². The SMILES string of the molecule is CCCCCCCCCCCCCCC(O)CCC(O)CCCCCCCCCCC. The van der Waals surface area contributed by atoms with Crippen molar-refractivity contribution in [3.8, 4) is 0 Å². The molecule has 0 aromatic carbocycles. The minimum atomic E-state index is -0.208. The number of unbranched alkanes of at least 4 members (excludes halogenated alkanes) is 19. The third kappa shape index (κ3) is 26.1. The van der Waals surface area contributed by atoms with Gasteiger partial charge >= 0.3 is 0 Å². The van der Waals surface area contributed by atoms with Gasteiger partial charge in [-0.15, -0.1) is 0 Å². The van der Waals surface area contributed by atoms with Crippen LogP contribution in [0, 0.1) is 0 Å². The van der Waals surface area contributed by atoms with E-state index in [2.05, 4.69) is 13.8 Å². The van der Waals surface area contributed by atoms with Crippen molar-refractivity contribution < 1.29 is 10.2 Å². The Morgan fingerprint density at radius 3 is 0.806 bits per heavy atom. The van der Waals surface area contributed by atoms with Crippen molar-refractivity contribution in [2.45, 2.75) is 187 Å². The molecule has 0 heterocycles. The molecule has 2 heteroatoms. The summed E-state index contributed by atoms with van der Waals surface area (Å²) < 4.78 is 0. The van der Waals surface area contributed by atoms with Crippen LogP contribution in [0.4, 0.5) is 0 Å². The largest absolute Gasteiger partial charge is 0.393 e. The van der Waals surface area contributed by atoms with Crippen LogP contribution in [0.25, 0.3) is 0 Å². The van der Waals surface area contributed by atoms with Crippen LogP contribution in [0.1, 0.15) is 174 Å². The molecule has 0 radical (unpaired) electrons. The lowest BCUT2D eigenvalue weighted by Gasteiger charge is -2.14. The number of hydrogen-bond acceptors (Lipinski definition) is 2. The van der Waals surface area contributed by atoms with E-state index in [1.54, 1.807) is 0 Å². The van der Waals surface area contributed by atoms with Crippen LogP contribution in [0.3, 0.4) is 0 Å². The summed E-state index contributed by atoms with van der Waals surface area (Å²) >= 11 is 0. The van der Waals surface area contributed by atoms with Gasteiger partial charge < -0.3 is 10.2 Å². The van der Waals surface area contributed by atoms with E-state index >= 15 is 0 Å². The maximum atomic E-state index is 10.2. The molecule has 0 spiro atoms. The molecule has 0 aromatic rings. The first-order chi connectivity index (χ1) is 15.2. The highest BCUT2D eigenvalue weighted by Crippen LogP contribution is 2.16. The summed E-state index contributed by atoms with van der Waals surface area (Å²) in [6, 6.07) is 0. The zero-order valence-electron chi connectivity index (χ0n) is 21.7. The third-order valence-electron chi connectivity index (χ3n) is 6.86. The first kappa shape index (κ1) is 30.9. The summed E-state index contributed by atoms with van der Waals surface area (Å²) in [5.41, 5.74) is 0. The van der Waals surface area contributed by atoms with Crippen LogP contribution >= 0.6 is 0 Å². The topological polar surface area (TPSA) is 40.5 Å². The molecule has 2 atom stereocenters. The zero-order chi connectivity index (χ0) is 22.8. The molecule has 2 unspecified atom stereocenters. The van der Waals surface area contributed by atoms with Gasteiger partial charge in [0.05, 0.1) is 12.2 Å². The fraction of sp³-hybridized carbons (Fsp3) is 1.00. The van der Waals surface area contributed by atoms with Crippen molar-refractivity contribution in [2.24, 2.45) is 0 Å². The monoisotopic (exact) mass is 440 g/mol. The van der Waals surface area contributed by atoms with Crippen LogP contribution in [-0.4, -0.2) is 22.4 Å². The molecule has 0 aliphatic carbocycles. The molecule has 0 aromatic heterocycles. The van der Waals surface area contributed by atoms with Gasteiger partial charge in [0.2, 0.25) is 0 Å². The van der Waals surface area contributed by atoms with Crippen molar-refractivity contribution in [1.29, 1.82) is 0 Å². The summed E-state index contributed by atoms with van der Waals surface area (Å²) in [4.78, 5) is 0. The van der Waals surface area contributed by atoms with Crippen LogP contribution in [0.5, 0.6) is 0 Å². The van der Waals surface area contributed by atoms with E-state index in [1.807, 2.05) is 0 Å². The molecular formula is C29H60O2. The Kier molecular flexibility index (Phi) is 26.1. The maximum Gasteiger partial charge on any atom is 0.0541 e. The molecule has 2 nitrogen and oxygen atoms in total. The Bertz CT molecular complexity index is 318. The number of hydrogen-bond donors (Lipinski definition) is 2. The fourth-order valence-electron chi connectivity index (χ4n) is 4.59. The third-order valence-corrected chi connectivity index (χ3v) is 6.86. The lowest BCUT2D eigenvalue weighted by Crippen LogP contribution is -2.13. The average molecular weight is 441 g/mol. The minimum Gasteiger partial charge on any atom is -0.393 e. The van der Waals surface area contributed by atoms with Crippen molar-refractivity contribution in [3.05, 3.63) is 0 Å². The summed E-state index contributed by atoms with van der Waals surface area (Å²) in [5.74, 6) is 0. The van der Waals surface area contributed by atoms with Crippen LogP contribution in [0.2, 0.25) is 0 Å². The van der Waals surface area contributed by atoms with Crippen LogP contribution in [-0.2, 0) is 0 Å². The molecule has 0 saturated heterocycles. The van der Waals surface area contributed by atoms with E-state index in [1.165, 1.54) is 122 Å². The zero-order valence-corrected chi connectivity index (χ0v) is 21.7. The normalized spacial score (nSPS) is 13.5. The predicted octanol–water partition coefficient (Wildman–Crippen LogP) is 9.50. The molecule has 2 N–H and O–H groups in total. The Morgan fingerprint density at radius 2 is 0.548 bits per heavy atom. The summed E-state index contributed by atoms with van der Waals surface area (Å²) in [6.45, 7) is 4.55. The number of aliphatic hydroxyl groups is 2. The average Bonchev–Trinajstić information content (AvgIpc) is 2.77. The van der Waals surface area contributed by atoms with Gasteiger partial charge in [0.15, 0.2) is 0 Å². The molecule has 0 bridgehead atoms. The Morgan fingerprint density at radius 1 is 0.323 bits per heavy atom. The van der Waals surface area contributed by atoms with Gasteiger partial charge in [-0.2, -0.15) is 0 Å². The molecule has 0 aliphatic heterocycles. The number of aliphatic hydroxyl groups excluding tert-OH is 2. The fourth-order valence-corrected chi connectivity index (χ4v) is 4.59. The van der Waals surface area contributed by atoms with Gasteiger partial charge in [0.1, 0.15) is 0 Å². The second-order valence-electron chi connectivity index (χ2n) is 10.2. The Labute approximate surface area is 197 Å². The van der Waals surface area contributed by atoms with E-state index in [0.29, 0.717) is 0 Å². The van der Waals surface area contributed by atoms with Gasteiger partial charge in [-0.05, 0) is 25.7 Å².